The number of hydrogen-bond acceptors (Lipinski definition) is 4. The summed E-state index contributed by atoms with van der Waals surface area (Å²) in [5.41, 5.74) is 1.85. The summed E-state index contributed by atoms with van der Waals surface area (Å²) in [5, 5.41) is 11.5. The molecule has 0 spiro atoms. The maximum atomic E-state index is 4.47. The van der Waals surface area contributed by atoms with Gasteiger partial charge in [-0.1, -0.05) is 6.07 Å². The van der Waals surface area contributed by atoms with Crippen molar-refractivity contribution in [2.24, 2.45) is 0 Å². The molecule has 0 aliphatic rings. The zero-order valence-corrected chi connectivity index (χ0v) is 10.4. The highest BCUT2D eigenvalue weighted by molar-refractivity contribution is 5.52. The Morgan fingerprint density at radius 2 is 2.06 bits per heavy atom. The molecule has 0 saturated heterocycles. The standard InChI is InChI=1S/C12H17N5/c1-4-13-12-16-15-11(17(12)5-2)10-8-6-7-9(3)14-10/h6-8H,4-5H2,1-3H3,(H,13,16). The molecule has 2 heterocycles. The van der Waals surface area contributed by atoms with E-state index >= 15 is 0 Å². The Balaban J connectivity index is 2.45. The second kappa shape index (κ2) is 4.95. The van der Waals surface area contributed by atoms with Gasteiger partial charge in [0.05, 0.1) is 0 Å². The van der Waals surface area contributed by atoms with E-state index in [1.54, 1.807) is 0 Å². The number of nitrogens with one attached hydrogen (secondary N) is 1. The molecule has 2 aromatic rings. The number of hydrogen-bond donors (Lipinski definition) is 1. The van der Waals surface area contributed by atoms with Crippen LogP contribution in [0.4, 0.5) is 5.95 Å². The lowest BCUT2D eigenvalue weighted by molar-refractivity contribution is 0.767. The summed E-state index contributed by atoms with van der Waals surface area (Å²) in [5.74, 6) is 1.61. The first kappa shape index (κ1) is 11.6. The van der Waals surface area contributed by atoms with Gasteiger partial charge >= 0.3 is 0 Å². The predicted molar refractivity (Wildman–Crippen MR) is 67.8 cm³/mol. The predicted octanol–water partition coefficient (Wildman–Crippen LogP) is 2.10. The average Bonchev–Trinajstić information content (AvgIpc) is 2.72. The fourth-order valence-electron chi connectivity index (χ4n) is 1.75. The van der Waals surface area contributed by atoms with Crippen molar-refractivity contribution >= 4 is 5.95 Å². The largest absolute Gasteiger partial charge is 0.355 e. The molecular weight excluding hydrogens is 214 g/mol. The van der Waals surface area contributed by atoms with Crippen molar-refractivity contribution in [3.05, 3.63) is 23.9 Å². The van der Waals surface area contributed by atoms with E-state index in [-0.39, 0.29) is 0 Å². The molecule has 0 bridgehead atoms. The minimum Gasteiger partial charge on any atom is -0.355 e. The summed E-state index contributed by atoms with van der Waals surface area (Å²) < 4.78 is 2.03. The first-order chi connectivity index (χ1) is 8.26. The van der Waals surface area contributed by atoms with E-state index in [9.17, 15) is 0 Å². The van der Waals surface area contributed by atoms with Gasteiger partial charge in [0.15, 0.2) is 5.82 Å². The summed E-state index contributed by atoms with van der Waals surface area (Å²) in [6, 6.07) is 5.92. The van der Waals surface area contributed by atoms with Gasteiger partial charge in [0.25, 0.3) is 0 Å². The third-order valence-electron chi connectivity index (χ3n) is 2.52. The molecule has 0 aliphatic heterocycles. The fourth-order valence-corrected chi connectivity index (χ4v) is 1.75. The van der Waals surface area contributed by atoms with E-state index in [2.05, 4.69) is 27.4 Å². The zero-order valence-electron chi connectivity index (χ0n) is 10.4. The van der Waals surface area contributed by atoms with E-state index < -0.39 is 0 Å². The lowest BCUT2D eigenvalue weighted by atomic mass is 10.3. The first-order valence-corrected chi connectivity index (χ1v) is 5.87. The molecule has 5 heteroatoms. The minimum absolute atomic E-state index is 0.799. The van der Waals surface area contributed by atoms with Crippen molar-refractivity contribution in [3.63, 3.8) is 0 Å². The number of aromatic nitrogens is 4. The van der Waals surface area contributed by atoms with Crippen molar-refractivity contribution in [2.45, 2.75) is 27.3 Å². The Kier molecular flexibility index (Phi) is 3.37. The van der Waals surface area contributed by atoms with Gasteiger partial charge < -0.3 is 5.32 Å². The topological polar surface area (TPSA) is 55.6 Å². The van der Waals surface area contributed by atoms with E-state index in [1.807, 2.05) is 36.6 Å². The lowest BCUT2D eigenvalue weighted by Crippen LogP contribution is -2.07. The van der Waals surface area contributed by atoms with Gasteiger partial charge in [-0.25, -0.2) is 4.98 Å². The van der Waals surface area contributed by atoms with Crippen LogP contribution in [-0.2, 0) is 6.54 Å². The quantitative estimate of drug-likeness (QED) is 0.875. The van der Waals surface area contributed by atoms with Crippen molar-refractivity contribution in [3.8, 4) is 11.5 Å². The second-order valence-corrected chi connectivity index (χ2v) is 3.79. The Morgan fingerprint density at radius 1 is 1.24 bits per heavy atom. The van der Waals surface area contributed by atoms with Gasteiger partial charge in [-0.3, -0.25) is 4.57 Å². The third-order valence-corrected chi connectivity index (χ3v) is 2.52. The first-order valence-electron chi connectivity index (χ1n) is 5.87. The van der Waals surface area contributed by atoms with Crippen LogP contribution in [-0.4, -0.2) is 26.3 Å². The maximum absolute atomic E-state index is 4.47. The molecule has 0 amide bonds. The van der Waals surface area contributed by atoms with Crippen LogP contribution in [0.25, 0.3) is 11.5 Å². The molecule has 0 unspecified atom stereocenters. The lowest BCUT2D eigenvalue weighted by Gasteiger charge is -2.07. The van der Waals surface area contributed by atoms with Crippen LogP contribution in [0.3, 0.4) is 0 Å². The van der Waals surface area contributed by atoms with Crippen LogP contribution < -0.4 is 5.32 Å². The van der Waals surface area contributed by atoms with Crippen molar-refractivity contribution in [1.29, 1.82) is 0 Å². The van der Waals surface area contributed by atoms with Crippen LogP contribution >= 0.6 is 0 Å². The molecule has 0 saturated carbocycles. The van der Waals surface area contributed by atoms with E-state index in [4.69, 9.17) is 0 Å². The fraction of sp³-hybridized carbons (Fsp3) is 0.417. The molecule has 0 aliphatic carbocycles. The SMILES string of the molecule is CCNc1nnc(-c2cccc(C)n2)n1CC. The van der Waals surface area contributed by atoms with Crippen molar-refractivity contribution in [1.82, 2.24) is 19.7 Å². The minimum atomic E-state index is 0.799. The molecule has 90 valence electrons. The van der Waals surface area contributed by atoms with E-state index in [0.29, 0.717) is 0 Å². The molecule has 0 fully saturated rings. The molecule has 0 aromatic carbocycles. The van der Waals surface area contributed by atoms with Gasteiger partial charge in [-0.2, -0.15) is 0 Å². The van der Waals surface area contributed by atoms with Crippen LogP contribution in [0.5, 0.6) is 0 Å². The van der Waals surface area contributed by atoms with Gasteiger partial charge in [0.2, 0.25) is 5.95 Å². The second-order valence-electron chi connectivity index (χ2n) is 3.79. The van der Waals surface area contributed by atoms with Crippen LogP contribution in [0.2, 0.25) is 0 Å². The number of anilines is 1. The van der Waals surface area contributed by atoms with Crippen LogP contribution in [0.1, 0.15) is 19.5 Å². The summed E-state index contributed by atoms with van der Waals surface area (Å²) in [6.07, 6.45) is 0. The third kappa shape index (κ3) is 2.27. The molecule has 2 rings (SSSR count). The van der Waals surface area contributed by atoms with Crippen molar-refractivity contribution in [2.75, 3.05) is 11.9 Å². The smallest absolute Gasteiger partial charge is 0.224 e. The Hall–Kier alpha value is -1.91. The van der Waals surface area contributed by atoms with Crippen LogP contribution in [0.15, 0.2) is 18.2 Å². The number of rotatable bonds is 4. The molecule has 17 heavy (non-hydrogen) atoms. The maximum Gasteiger partial charge on any atom is 0.224 e. The Morgan fingerprint density at radius 3 is 2.71 bits per heavy atom. The Labute approximate surface area is 101 Å². The van der Waals surface area contributed by atoms with Crippen LogP contribution in [0, 0.1) is 6.92 Å². The Bertz CT molecular complexity index is 503. The summed E-state index contributed by atoms with van der Waals surface area (Å²) in [7, 11) is 0. The number of aryl methyl sites for hydroxylation is 1. The zero-order chi connectivity index (χ0) is 12.3. The molecule has 2 aromatic heterocycles. The van der Waals surface area contributed by atoms with Gasteiger partial charge in [0.1, 0.15) is 5.69 Å². The average molecular weight is 231 g/mol. The summed E-state index contributed by atoms with van der Waals surface area (Å²) in [6.45, 7) is 7.74. The van der Waals surface area contributed by atoms with Gasteiger partial charge in [0, 0.05) is 18.8 Å². The highest BCUT2D eigenvalue weighted by Gasteiger charge is 2.12. The normalized spacial score (nSPS) is 10.5. The van der Waals surface area contributed by atoms with Gasteiger partial charge in [-0.15, -0.1) is 10.2 Å². The number of pyridine rings is 1. The monoisotopic (exact) mass is 231 g/mol. The number of nitrogens with zero attached hydrogens (tertiary/aromatic N) is 4. The van der Waals surface area contributed by atoms with Gasteiger partial charge in [-0.05, 0) is 32.9 Å². The summed E-state index contributed by atoms with van der Waals surface area (Å²) in [4.78, 5) is 4.47. The molecular formula is C12H17N5. The molecule has 0 atom stereocenters. The van der Waals surface area contributed by atoms with E-state index in [0.717, 1.165) is 36.3 Å². The molecule has 5 nitrogen and oxygen atoms in total. The summed E-state index contributed by atoms with van der Waals surface area (Å²) >= 11 is 0. The molecule has 0 radical (unpaired) electrons. The highest BCUT2D eigenvalue weighted by atomic mass is 15.4. The highest BCUT2D eigenvalue weighted by Crippen LogP contribution is 2.18. The van der Waals surface area contributed by atoms with Crippen molar-refractivity contribution < 1.29 is 0 Å². The molecule has 1 N–H and O–H groups in total. The van der Waals surface area contributed by atoms with E-state index in [1.165, 1.54) is 0 Å².